The van der Waals surface area contributed by atoms with E-state index in [4.69, 9.17) is 0 Å². The minimum Gasteiger partial charge on any atom is -0.512 e. The maximum Gasteiger partial charge on any atom is 0.167 e. The minimum atomic E-state index is -0.257. The molecule has 2 N–H and O–H groups in total. The van der Waals surface area contributed by atoms with Crippen LogP contribution >= 0.6 is 0 Å². The summed E-state index contributed by atoms with van der Waals surface area (Å²) in [4.78, 5) is 0. The fraction of sp³-hybridized carbons (Fsp3) is 0.294. The van der Waals surface area contributed by atoms with Crippen LogP contribution in [0.5, 0.6) is 5.75 Å². The van der Waals surface area contributed by atoms with E-state index in [0.29, 0.717) is 12.2 Å². The lowest BCUT2D eigenvalue weighted by atomic mass is 9.77. The highest BCUT2D eigenvalue weighted by atomic mass is 16.3. The maximum atomic E-state index is 9.68. The van der Waals surface area contributed by atoms with Gasteiger partial charge in [0.25, 0.3) is 0 Å². The third kappa shape index (κ3) is 2.82. The molecule has 1 aliphatic rings. The molecule has 0 radical (unpaired) electrons. The molecule has 1 aromatic carbocycles. The minimum absolute atomic E-state index is 0.0960. The third-order valence-corrected chi connectivity index (χ3v) is 3.45. The summed E-state index contributed by atoms with van der Waals surface area (Å²) in [5.41, 5.74) is 2.92. The fourth-order valence-electron chi connectivity index (χ4n) is 2.18. The van der Waals surface area contributed by atoms with Crippen molar-refractivity contribution < 1.29 is 10.2 Å². The highest BCUT2D eigenvalue weighted by Gasteiger charge is 2.25. The number of allylic oxidation sites excluding steroid dienone is 5. The van der Waals surface area contributed by atoms with Crippen LogP contribution in [0.3, 0.4) is 0 Å². The summed E-state index contributed by atoms with van der Waals surface area (Å²) in [6.07, 6.45) is 6.36. The van der Waals surface area contributed by atoms with Gasteiger partial charge in [0.05, 0.1) is 5.76 Å². The summed E-state index contributed by atoms with van der Waals surface area (Å²) in [6, 6.07) is 9.16. The Morgan fingerprint density at radius 2 is 1.84 bits per heavy atom. The van der Waals surface area contributed by atoms with Crippen LogP contribution in [0.25, 0.3) is 0 Å². The summed E-state index contributed by atoms with van der Waals surface area (Å²) < 4.78 is 0. The van der Waals surface area contributed by atoms with Gasteiger partial charge in [-0.05, 0) is 36.8 Å². The van der Waals surface area contributed by atoms with Gasteiger partial charge < -0.3 is 10.2 Å². The zero-order chi connectivity index (χ0) is 14.0. The molecular weight excluding hydrogens is 236 g/mol. The normalized spacial score (nSPS) is 15.8. The zero-order valence-electron chi connectivity index (χ0n) is 11.5. The van der Waals surface area contributed by atoms with E-state index in [2.05, 4.69) is 32.1 Å². The Hall–Kier alpha value is -2.14. The van der Waals surface area contributed by atoms with Crippen molar-refractivity contribution in [1.29, 1.82) is 0 Å². The number of aromatic hydroxyl groups is 1. The van der Waals surface area contributed by atoms with Gasteiger partial charge in [0.15, 0.2) is 5.75 Å². The molecule has 98 valence electrons. The molecule has 0 unspecified atom stereocenters. The standard InChI is InChI=1S/C17H18O2/c1-12-10-14(6-9-16(19)11-12)17(2,3)13-4-7-15(18)8-5-13/h4,6-7,9-10,18-19H,11H2,1-3H3. The number of hydrogen-bond acceptors (Lipinski definition) is 2. The second-order valence-electron chi connectivity index (χ2n) is 5.45. The number of hydrogen-bond donors (Lipinski definition) is 2. The predicted molar refractivity (Wildman–Crippen MR) is 76.0 cm³/mol. The molecule has 2 heteroatoms. The topological polar surface area (TPSA) is 40.5 Å². The van der Waals surface area contributed by atoms with Crippen molar-refractivity contribution in [2.45, 2.75) is 32.6 Å². The molecule has 0 atom stereocenters. The monoisotopic (exact) mass is 254 g/mol. The number of rotatable bonds is 2. The zero-order valence-corrected chi connectivity index (χ0v) is 11.5. The Bertz CT molecular complexity index is 557. The van der Waals surface area contributed by atoms with Crippen LogP contribution < -0.4 is 0 Å². The van der Waals surface area contributed by atoms with E-state index in [1.54, 1.807) is 12.1 Å². The Morgan fingerprint density at radius 1 is 1.11 bits per heavy atom. The lowest BCUT2D eigenvalue weighted by molar-refractivity contribution is 0.399. The van der Waals surface area contributed by atoms with E-state index in [1.165, 1.54) is 0 Å². The van der Waals surface area contributed by atoms with Gasteiger partial charge in [-0.2, -0.15) is 0 Å². The quantitative estimate of drug-likeness (QED) is 0.837. The highest BCUT2D eigenvalue weighted by molar-refractivity contribution is 5.44. The third-order valence-electron chi connectivity index (χ3n) is 3.45. The van der Waals surface area contributed by atoms with Crippen LogP contribution in [0.15, 0.2) is 47.3 Å². The summed E-state index contributed by atoms with van der Waals surface area (Å²) in [5.74, 6) is 0.472. The summed E-state index contributed by atoms with van der Waals surface area (Å²) in [6.45, 7) is 6.19. The maximum absolute atomic E-state index is 9.68. The van der Waals surface area contributed by atoms with E-state index in [9.17, 15) is 10.2 Å². The molecule has 2 nitrogen and oxygen atoms in total. The van der Waals surface area contributed by atoms with Crippen LogP contribution in [0.4, 0.5) is 0 Å². The largest absolute Gasteiger partial charge is 0.512 e. The van der Waals surface area contributed by atoms with Crippen molar-refractivity contribution in [1.82, 2.24) is 0 Å². The van der Waals surface area contributed by atoms with Crippen molar-refractivity contribution in [3.05, 3.63) is 65.0 Å². The molecule has 0 bridgehead atoms. The first-order valence-corrected chi connectivity index (χ1v) is 6.30. The van der Waals surface area contributed by atoms with Crippen LogP contribution in [0.2, 0.25) is 0 Å². The van der Waals surface area contributed by atoms with Gasteiger partial charge in [-0.3, -0.25) is 0 Å². The van der Waals surface area contributed by atoms with Gasteiger partial charge >= 0.3 is 0 Å². The number of aliphatic hydroxyl groups excluding tert-OH is 1. The second kappa shape index (κ2) is 4.85. The van der Waals surface area contributed by atoms with Crippen LogP contribution in [0, 0.1) is 12.1 Å². The van der Waals surface area contributed by atoms with E-state index in [0.717, 1.165) is 16.7 Å². The smallest absolute Gasteiger partial charge is 0.167 e. The molecule has 0 saturated carbocycles. The summed E-state index contributed by atoms with van der Waals surface area (Å²) >= 11 is 0. The van der Waals surface area contributed by atoms with Crippen molar-refractivity contribution in [2.75, 3.05) is 0 Å². The van der Waals surface area contributed by atoms with Gasteiger partial charge in [-0.15, -0.1) is 0 Å². The molecule has 0 aliphatic heterocycles. The van der Waals surface area contributed by atoms with Crippen LogP contribution in [-0.4, -0.2) is 10.2 Å². The van der Waals surface area contributed by atoms with Gasteiger partial charge in [0.1, 0.15) is 0 Å². The Balaban J connectivity index is 2.44. The Morgan fingerprint density at radius 3 is 2.47 bits per heavy atom. The van der Waals surface area contributed by atoms with Gasteiger partial charge in [-0.1, -0.05) is 37.6 Å². The first-order valence-electron chi connectivity index (χ1n) is 6.30. The first kappa shape index (κ1) is 13.3. The van der Waals surface area contributed by atoms with Crippen LogP contribution in [-0.2, 0) is 5.41 Å². The Kier molecular flexibility index (Phi) is 3.40. The second-order valence-corrected chi connectivity index (χ2v) is 5.45. The SMILES string of the molecule is CC1=CC(C(C)(C)c2c#cc(O)cc2)=CC=C(O)C1. The summed E-state index contributed by atoms with van der Waals surface area (Å²) in [5, 5.41) is 19.0. The molecule has 2 rings (SSSR count). The summed E-state index contributed by atoms with van der Waals surface area (Å²) in [7, 11) is 0. The van der Waals surface area contributed by atoms with E-state index >= 15 is 0 Å². The Labute approximate surface area is 114 Å². The van der Waals surface area contributed by atoms with Crippen molar-refractivity contribution in [2.24, 2.45) is 0 Å². The molecule has 0 amide bonds. The van der Waals surface area contributed by atoms with E-state index < -0.39 is 0 Å². The lowest BCUT2D eigenvalue weighted by Gasteiger charge is -2.25. The molecule has 1 aliphatic carbocycles. The first-order chi connectivity index (χ1) is 8.89. The molecular formula is C17H18O2. The van der Waals surface area contributed by atoms with Gasteiger partial charge in [0, 0.05) is 17.4 Å². The molecule has 1 aromatic rings. The van der Waals surface area contributed by atoms with E-state index in [-0.39, 0.29) is 11.2 Å². The molecule has 0 aromatic heterocycles. The van der Waals surface area contributed by atoms with Gasteiger partial charge in [-0.25, -0.2) is 0 Å². The number of aliphatic hydroxyl groups is 1. The molecule has 0 heterocycles. The molecule has 0 fully saturated rings. The average molecular weight is 254 g/mol. The molecule has 19 heavy (non-hydrogen) atoms. The van der Waals surface area contributed by atoms with Crippen LogP contribution in [0.1, 0.15) is 32.8 Å². The van der Waals surface area contributed by atoms with Crippen molar-refractivity contribution in [3.8, 4) is 5.75 Å². The van der Waals surface area contributed by atoms with Crippen molar-refractivity contribution in [3.63, 3.8) is 0 Å². The highest BCUT2D eigenvalue weighted by Crippen LogP contribution is 2.34. The predicted octanol–water partition coefficient (Wildman–Crippen LogP) is 3.99. The molecule has 0 spiro atoms. The van der Waals surface area contributed by atoms with Gasteiger partial charge in [0.2, 0.25) is 0 Å². The van der Waals surface area contributed by atoms with E-state index in [1.807, 2.05) is 19.1 Å². The average Bonchev–Trinajstić information content (AvgIpc) is 2.51. The van der Waals surface area contributed by atoms with Crippen molar-refractivity contribution >= 4 is 0 Å². The lowest BCUT2D eigenvalue weighted by Crippen LogP contribution is -2.19. The molecule has 0 saturated heterocycles. The fourth-order valence-corrected chi connectivity index (χ4v) is 2.18.